The van der Waals surface area contributed by atoms with Crippen LogP contribution in [0.5, 0.6) is 0 Å². The lowest BCUT2D eigenvalue weighted by molar-refractivity contribution is 0.0458. The molecule has 0 bridgehead atoms. The maximum Gasteiger partial charge on any atom is 0.0585 e. The Balaban J connectivity index is 2.09. The summed E-state index contributed by atoms with van der Waals surface area (Å²) in [6.45, 7) is 4.59. The molecule has 1 rings (SSSR count). The summed E-state index contributed by atoms with van der Waals surface area (Å²) < 4.78 is 16.4. The van der Waals surface area contributed by atoms with Gasteiger partial charge in [0, 0.05) is 22.8 Å². The van der Waals surface area contributed by atoms with Gasteiger partial charge in [0.05, 0.1) is 12.7 Å². The molecule has 0 spiro atoms. The van der Waals surface area contributed by atoms with Crippen LogP contribution >= 0.6 is 0 Å². The molecule has 0 N–H and O–H groups in total. The molecule has 0 saturated heterocycles. The predicted molar refractivity (Wildman–Crippen MR) is 56.3 cm³/mol. The van der Waals surface area contributed by atoms with Gasteiger partial charge in [-0.3, -0.25) is 4.21 Å². The van der Waals surface area contributed by atoms with Crippen molar-refractivity contribution in [2.45, 2.75) is 31.8 Å². The van der Waals surface area contributed by atoms with Gasteiger partial charge in [-0.1, -0.05) is 12.2 Å². The van der Waals surface area contributed by atoms with E-state index in [1.54, 1.807) is 6.26 Å². The van der Waals surface area contributed by atoms with E-state index < -0.39 is 10.8 Å². The van der Waals surface area contributed by atoms with E-state index in [2.05, 4.69) is 6.58 Å². The summed E-state index contributed by atoms with van der Waals surface area (Å²) in [6.07, 6.45) is 6.48. The lowest BCUT2D eigenvalue weighted by Gasteiger charge is -2.23. The SMILES string of the molecule is C=C1CCC(OCCS(C)=O)CC1. The first-order valence-corrected chi connectivity index (χ1v) is 6.49. The maximum atomic E-state index is 10.8. The Kier molecular flexibility index (Phi) is 4.67. The van der Waals surface area contributed by atoms with E-state index in [4.69, 9.17) is 4.74 Å². The molecule has 1 atom stereocenters. The summed E-state index contributed by atoms with van der Waals surface area (Å²) in [7, 11) is -0.719. The highest BCUT2D eigenvalue weighted by Gasteiger charge is 2.15. The van der Waals surface area contributed by atoms with Gasteiger partial charge in [-0.25, -0.2) is 0 Å². The van der Waals surface area contributed by atoms with Crippen LogP contribution in [0.4, 0.5) is 0 Å². The van der Waals surface area contributed by atoms with Crippen LogP contribution in [-0.4, -0.2) is 28.9 Å². The molecule has 0 aromatic carbocycles. The molecule has 0 heterocycles. The zero-order valence-electron chi connectivity index (χ0n) is 8.25. The van der Waals surface area contributed by atoms with Crippen molar-refractivity contribution in [2.24, 2.45) is 0 Å². The molecule has 0 aromatic heterocycles. The minimum Gasteiger partial charge on any atom is -0.377 e. The molecule has 1 fully saturated rings. The average Bonchev–Trinajstić information content (AvgIpc) is 2.08. The van der Waals surface area contributed by atoms with Gasteiger partial charge in [-0.15, -0.1) is 0 Å². The molecule has 3 heteroatoms. The number of allylic oxidation sites excluding steroid dienone is 1. The second-order valence-corrected chi connectivity index (χ2v) is 5.15. The fraction of sp³-hybridized carbons (Fsp3) is 0.800. The molecule has 1 saturated carbocycles. The Morgan fingerprint density at radius 1 is 1.54 bits per heavy atom. The van der Waals surface area contributed by atoms with Crippen LogP contribution in [0.15, 0.2) is 12.2 Å². The Bertz CT molecular complexity index is 191. The van der Waals surface area contributed by atoms with E-state index in [0.717, 1.165) is 25.7 Å². The quantitative estimate of drug-likeness (QED) is 0.651. The third-order valence-electron chi connectivity index (χ3n) is 2.36. The Hall–Kier alpha value is -0.150. The monoisotopic (exact) mass is 202 g/mol. The molecule has 1 unspecified atom stereocenters. The number of rotatable bonds is 4. The van der Waals surface area contributed by atoms with Crippen molar-refractivity contribution < 1.29 is 8.95 Å². The normalized spacial score (nSPS) is 21.8. The summed E-state index contributed by atoms with van der Waals surface area (Å²) in [5, 5.41) is 0. The van der Waals surface area contributed by atoms with Crippen LogP contribution in [0.2, 0.25) is 0 Å². The fourth-order valence-electron chi connectivity index (χ4n) is 1.50. The summed E-state index contributed by atoms with van der Waals surface area (Å²) in [5.74, 6) is 0.664. The number of ether oxygens (including phenoxy) is 1. The third-order valence-corrected chi connectivity index (χ3v) is 3.11. The Labute approximate surface area is 82.8 Å². The first-order valence-electron chi connectivity index (χ1n) is 4.77. The van der Waals surface area contributed by atoms with Crippen molar-refractivity contribution in [1.29, 1.82) is 0 Å². The van der Waals surface area contributed by atoms with Gasteiger partial charge in [0.1, 0.15) is 0 Å². The second kappa shape index (κ2) is 5.55. The van der Waals surface area contributed by atoms with Crippen molar-refractivity contribution in [3.05, 3.63) is 12.2 Å². The smallest absolute Gasteiger partial charge is 0.0585 e. The van der Waals surface area contributed by atoms with E-state index in [-0.39, 0.29) is 0 Å². The molecule has 0 aliphatic heterocycles. The van der Waals surface area contributed by atoms with Gasteiger partial charge in [0.2, 0.25) is 0 Å². The minimum absolute atomic E-state index is 0.383. The maximum absolute atomic E-state index is 10.8. The molecule has 0 amide bonds. The molecule has 0 aromatic rings. The minimum atomic E-state index is -0.719. The Morgan fingerprint density at radius 3 is 2.69 bits per heavy atom. The van der Waals surface area contributed by atoms with E-state index in [1.165, 1.54) is 5.57 Å². The standard InChI is InChI=1S/C10H18O2S/c1-9-3-5-10(6-4-9)12-7-8-13(2)11/h10H,1,3-8H2,2H3. The molecular weight excluding hydrogens is 184 g/mol. The highest BCUT2D eigenvalue weighted by Crippen LogP contribution is 2.23. The lowest BCUT2D eigenvalue weighted by Crippen LogP contribution is -2.20. The molecule has 76 valence electrons. The highest BCUT2D eigenvalue weighted by molar-refractivity contribution is 7.84. The van der Waals surface area contributed by atoms with Gasteiger partial charge >= 0.3 is 0 Å². The average molecular weight is 202 g/mol. The van der Waals surface area contributed by atoms with Crippen molar-refractivity contribution in [3.8, 4) is 0 Å². The van der Waals surface area contributed by atoms with Gasteiger partial charge in [0.25, 0.3) is 0 Å². The zero-order valence-corrected chi connectivity index (χ0v) is 9.07. The summed E-state index contributed by atoms with van der Waals surface area (Å²) in [5.41, 5.74) is 1.35. The molecule has 13 heavy (non-hydrogen) atoms. The van der Waals surface area contributed by atoms with Gasteiger partial charge in [-0.05, 0) is 25.7 Å². The predicted octanol–water partition coefficient (Wildman–Crippen LogP) is 1.88. The lowest BCUT2D eigenvalue weighted by atomic mass is 9.94. The fourth-order valence-corrected chi connectivity index (χ4v) is 1.83. The van der Waals surface area contributed by atoms with Crippen LogP contribution in [0.3, 0.4) is 0 Å². The third kappa shape index (κ3) is 4.58. The van der Waals surface area contributed by atoms with Crippen molar-refractivity contribution in [3.63, 3.8) is 0 Å². The first-order chi connectivity index (χ1) is 6.18. The van der Waals surface area contributed by atoms with Gasteiger partial charge in [-0.2, -0.15) is 0 Å². The van der Waals surface area contributed by atoms with Crippen molar-refractivity contribution in [2.75, 3.05) is 18.6 Å². The highest BCUT2D eigenvalue weighted by atomic mass is 32.2. The topological polar surface area (TPSA) is 26.3 Å². The molecular formula is C10H18O2S. The van der Waals surface area contributed by atoms with Crippen molar-refractivity contribution >= 4 is 10.8 Å². The summed E-state index contributed by atoms with van der Waals surface area (Å²) in [4.78, 5) is 0. The zero-order chi connectivity index (χ0) is 9.68. The summed E-state index contributed by atoms with van der Waals surface area (Å²) >= 11 is 0. The van der Waals surface area contributed by atoms with Crippen LogP contribution in [-0.2, 0) is 15.5 Å². The van der Waals surface area contributed by atoms with E-state index in [9.17, 15) is 4.21 Å². The van der Waals surface area contributed by atoms with E-state index in [0.29, 0.717) is 18.5 Å². The molecule has 1 aliphatic rings. The van der Waals surface area contributed by atoms with E-state index >= 15 is 0 Å². The Morgan fingerprint density at radius 2 is 2.15 bits per heavy atom. The molecule has 0 radical (unpaired) electrons. The number of hydrogen-bond donors (Lipinski definition) is 0. The number of hydrogen-bond acceptors (Lipinski definition) is 2. The van der Waals surface area contributed by atoms with Crippen LogP contribution in [0, 0.1) is 0 Å². The van der Waals surface area contributed by atoms with Crippen LogP contribution < -0.4 is 0 Å². The largest absolute Gasteiger partial charge is 0.377 e. The molecule has 2 nitrogen and oxygen atoms in total. The van der Waals surface area contributed by atoms with Crippen LogP contribution in [0.1, 0.15) is 25.7 Å². The van der Waals surface area contributed by atoms with Gasteiger partial charge in [0.15, 0.2) is 0 Å². The van der Waals surface area contributed by atoms with Gasteiger partial charge < -0.3 is 4.74 Å². The second-order valence-electron chi connectivity index (χ2n) is 3.60. The first kappa shape index (κ1) is 10.9. The summed E-state index contributed by atoms with van der Waals surface area (Å²) in [6, 6.07) is 0. The molecule has 1 aliphatic carbocycles. The van der Waals surface area contributed by atoms with Crippen molar-refractivity contribution in [1.82, 2.24) is 0 Å². The van der Waals surface area contributed by atoms with Crippen LogP contribution in [0.25, 0.3) is 0 Å². The van der Waals surface area contributed by atoms with E-state index in [1.807, 2.05) is 0 Å².